The molecule has 0 unspecified atom stereocenters. The number of hydrogen-bond acceptors (Lipinski definition) is 4. The number of aliphatic hydroxyl groups is 1. The minimum Gasteiger partial charge on any atom is -0.481 e. The molecule has 0 amide bonds. The van der Waals surface area contributed by atoms with Crippen LogP contribution in [0.3, 0.4) is 0 Å². The molecule has 1 aromatic rings. The molecule has 1 fully saturated rings. The van der Waals surface area contributed by atoms with Crippen LogP contribution < -0.4 is 10.1 Å². The van der Waals surface area contributed by atoms with Crippen molar-refractivity contribution in [2.45, 2.75) is 45.3 Å². The van der Waals surface area contributed by atoms with Gasteiger partial charge in [-0.25, -0.2) is 4.68 Å². The summed E-state index contributed by atoms with van der Waals surface area (Å²) < 4.78 is 7.16. The molecule has 1 aliphatic rings. The quantitative estimate of drug-likeness (QED) is 0.846. The van der Waals surface area contributed by atoms with Gasteiger partial charge in [-0.05, 0) is 45.1 Å². The van der Waals surface area contributed by atoms with Crippen LogP contribution in [0.15, 0.2) is 0 Å². The first kappa shape index (κ1) is 14.3. The van der Waals surface area contributed by atoms with Crippen LogP contribution in [-0.2, 0) is 13.6 Å². The number of aromatic nitrogens is 2. The Kier molecular flexibility index (Phi) is 4.82. The largest absolute Gasteiger partial charge is 0.481 e. The Labute approximate surface area is 115 Å². The summed E-state index contributed by atoms with van der Waals surface area (Å²) in [4.78, 5) is 0. The molecule has 2 rings (SSSR count). The first-order valence-electron chi connectivity index (χ1n) is 7.07. The number of ether oxygens (including phenoxy) is 1. The number of nitrogens with one attached hydrogen (secondary N) is 1. The molecular formula is C14H25N3O2. The summed E-state index contributed by atoms with van der Waals surface area (Å²) in [7, 11) is 3.58. The van der Waals surface area contributed by atoms with E-state index in [0.29, 0.717) is 5.92 Å². The molecule has 0 saturated heterocycles. The molecule has 5 heteroatoms. The summed E-state index contributed by atoms with van der Waals surface area (Å²) in [6.07, 6.45) is 4.06. The summed E-state index contributed by atoms with van der Waals surface area (Å²) in [5.74, 6) is 1.52. The topological polar surface area (TPSA) is 59.3 Å². The summed E-state index contributed by atoms with van der Waals surface area (Å²) >= 11 is 0. The van der Waals surface area contributed by atoms with Gasteiger partial charge in [0.25, 0.3) is 0 Å². The average molecular weight is 267 g/mol. The summed E-state index contributed by atoms with van der Waals surface area (Å²) in [5.41, 5.74) is 2.16. The van der Waals surface area contributed by atoms with E-state index in [9.17, 15) is 5.11 Å². The zero-order chi connectivity index (χ0) is 13.8. The van der Waals surface area contributed by atoms with Crippen molar-refractivity contribution < 1.29 is 9.84 Å². The van der Waals surface area contributed by atoms with Crippen LogP contribution in [0.4, 0.5) is 0 Å². The molecule has 0 aromatic carbocycles. The second kappa shape index (κ2) is 6.39. The lowest BCUT2D eigenvalue weighted by Crippen LogP contribution is -2.27. The monoisotopic (exact) mass is 267 g/mol. The predicted octanol–water partition coefficient (Wildman–Crippen LogP) is 1.38. The number of aliphatic hydroxyl groups excluding tert-OH is 1. The molecule has 5 nitrogen and oxygen atoms in total. The number of hydrogen-bond donors (Lipinski definition) is 2. The van der Waals surface area contributed by atoms with Gasteiger partial charge in [0.1, 0.15) is 0 Å². The zero-order valence-corrected chi connectivity index (χ0v) is 12.1. The first-order valence-corrected chi connectivity index (χ1v) is 7.07. The van der Waals surface area contributed by atoms with Crippen molar-refractivity contribution in [3.63, 3.8) is 0 Å². The average Bonchev–Trinajstić information content (AvgIpc) is 2.66. The van der Waals surface area contributed by atoms with Gasteiger partial charge in [-0.1, -0.05) is 0 Å². The highest BCUT2D eigenvalue weighted by Crippen LogP contribution is 2.24. The van der Waals surface area contributed by atoms with Gasteiger partial charge in [0.05, 0.1) is 24.5 Å². The third kappa shape index (κ3) is 3.48. The van der Waals surface area contributed by atoms with E-state index >= 15 is 0 Å². The lowest BCUT2D eigenvalue weighted by Gasteiger charge is -2.25. The molecule has 0 atom stereocenters. The number of rotatable bonds is 5. The van der Waals surface area contributed by atoms with Gasteiger partial charge < -0.3 is 15.2 Å². The fourth-order valence-electron chi connectivity index (χ4n) is 2.89. The second-order valence-corrected chi connectivity index (χ2v) is 5.50. The first-order chi connectivity index (χ1) is 9.11. The smallest absolute Gasteiger partial charge is 0.216 e. The Morgan fingerprint density at radius 3 is 2.68 bits per heavy atom. The highest BCUT2D eigenvalue weighted by Gasteiger charge is 2.19. The van der Waals surface area contributed by atoms with Gasteiger partial charge in [0, 0.05) is 13.6 Å². The van der Waals surface area contributed by atoms with Crippen LogP contribution in [0, 0.1) is 12.8 Å². The molecule has 2 N–H and O–H groups in total. The van der Waals surface area contributed by atoms with Crippen molar-refractivity contribution in [3.05, 3.63) is 11.3 Å². The maximum absolute atomic E-state index is 9.49. The van der Waals surface area contributed by atoms with Crippen molar-refractivity contribution in [3.8, 4) is 5.88 Å². The Morgan fingerprint density at radius 1 is 1.37 bits per heavy atom. The van der Waals surface area contributed by atoms with Crippen molar-refractivity contribution in [1.29, 1.82) is 0 Å². The van der Waals surface area contributed by atoms with Gasteiger partial charge in [0.2, 0.25) is 5.88 Å². The molecule has 0 spiro atoms. The van der Waals surface area contributed by atoms with Gasteiger partial charge in [-0.2, -0.15) is 5.10 Å². The van der Waals surface area contributed by atoms with Gasteiger partial charge >= 0.3 is 0 Å². The summed E-state index contributed by atoms with van der Waals surface area (Å²) in [6.45, 7) is 3.81. The highest BCUT2D eigenvalue weighted by molar-refractivity contribution is 5.30. The van der Waals surface area contributed by atoms with Crippen molar-refractivity contribution >= 4 is 0 Å². The molecule has 0 radical (unpaired) electrons. The van der Waals surface area contributed by atoms with Gasteiger partial charge in [-0.15, -0.1) is 0 Å². The third-order valence-corrected chi connectivity index (χ3v) is 4.03. The van der Waals surface area contributed by atoms with E-state index in [1.807, 2.05) is 14.0 Å². The van der Waals surface area contributed by atoms with Crippen molar-refractivity contribution in [2.24, 2.45) is 13.0 Å². The molecule has 1 aromatic heterocycles. The third-order valence-electron chi connectivity index (χ3n) is 4.03. The molecule has 1 heterocycles. The lowest BCUT2D eigenvalue weighted by atomic mass is 9.87. The molecule has 19 heavy (non-hydrogen) atoms. The van der Waals surface area contributed by atoms with Crippen LogP contribution >= 0.6 is 0 Å². The van der Waals surface area contributed by atoms with E-state index in [2.05, 4.69) is 10.4 Å². The maximum Gasteiger partial charge on any atom is 0.216 e. The predicted molar refractivity (Wildman–Crippen MR) is 74.2 cm³/mol. The Bertz CT molecular complexity index is 409. The van der Waals surface area contributed by atoms with Crippen LogP contribution in [0.2, 0.25) is 0 Å². The van der Waals surface area contributed by atoms with Gasteiger partial charge in [-0.3, -0.25) is 0 Å². The van der Waals surface area contributed by atoms with E-state index in [1.165, 1.54) is 0 Å². The Balaban J connectivity index is 1.82. The number of methoxy groups -OCH3 is 1. The molecule has 1 saturated carbocycles. The number of nitrogens with zero attached hydrogens (tertiary/aromatic N) is 2. The molecule has 1 aliphatic carbocycles. The van der Waals surface area contributed by atoms with Crippen molar-refractivity contribution in [2.75, 3.05) is 13.7 Å². The molecule has 108 valence electrons. The number of aryl methyl sites for hydroxylation is 2. The zero-order valence-electron chi connectivity index (χ0n) is 12.1. The molecular weight excluding hydrogens is 242 g/mol. The van der Waals surface area contributed by atoms with E-state index in [1.54, 1.807) is 11.8 Å². The van der Waals surface area contributed by atoms with Crippen LogP contribution in [0.1, 0.15) is 36.9 Å². The van der Waals surface area contributed by atoms with E-state index in [0.717, 1.165) is 55.9 Å². The van der Waals surface area contributed by atoms with E-state index in [4.69, 9.17) is 4.74 Å². The summed E-state index contributed by atoms with van der Waals surface area (Å²) in [6, 6.07) is 0. The fraction of sp³-hybridized carbons (Fsp3) is 0.786. The van der Waals surface area contributed by atoms with Gasteiger partial charge in [0.15, 0.2) is 0 Å². The summed E-state index contributed by atoms with van der Waals surface area (Å²) in [5, 5.41) is 17.4. The van der Waals surface area contributed by atoms with Crippen molar-refractivity contribution in [1.82, 2.24) is 15.1 Å². The fourth-order valence-corrected chi connectivity index (χ4v) is 2.89. The minimum absolute atomic E-state index is 0.0723. The van der Waals surface area contributed by atoms with Crippen LogP contribution in [0.5, 0.6) is 5.88 Å². The van der Waals surface area contributed by atoms with E-state index in [-0.39, 0.29) is 6.10 Å². The normalized spacial score (nSPS) is 23.6. The standard InChI is InChI=1S/C14H25N3O2/c1-10-13(14(19-3)17(2)16-10)9-15-8-11-4-6-12(18)7-5-11/h11-12,15,18H,4-9H2,1-3H3. The maximum atomic E-state index is 9.49. The highest BCUT2D eigenvalue weighted by atomic mass is 16.5. The second-order valence-electron chi connectivity index (χ2n) is 5.50. The molecule has 0 aliphatic heterocycles. The Hall–Kier alpha value is -1.07. The van der Waals surface area contributed by atoms with Crippen LogP contribution in [0.25, 0.3) is 0 Å². The molecule has 0 bridgehead atoms. The van der Waals surface area contributed by atoms with E-state index < -0.39 is 0 Å². The van der Waals surface area contributed by atoms with Crippen LogP contribution in [-0.4, -0.2) is 34.6 Å². The SMILES string of the molecule is COc1c(CNCC2CCC(O)CC2)c(C)nn1C. The minimum atomic E-state index is -0.0723. The Morgan fingerprint density at radius 2 is 2.05 bits per heavy atom. The lowest BCUT2D eigenvalue weighted by molar-refractivity contribution is 0.108.